The SMILES string of the molecule is C=C[C@H]1CN2CC[C@H]1C[C@@H]2[C@H](Nc1c(N[C@H](c2ccnc3ccc(OC)cc23)[C@H]2C[C@@H]3CCN2C[C@@H]3C=C)c(=O)c1=O)c1ccnc2ccc(OC)cc12. The van der Waals surface area contributed by atoms with Gasteiger partial charge in [-0.25, -0.2) is 0 Å². The van der Waals surface area contributed by atoms with Crippen LogP contribution in [-0.4, -0.2) is 72.3 Å². The molecule has 6 fully saturated rings. The number of ether oxygens (including phenoxy) is 2. The Kier molecular flexibility index (Phi) is 8.98. The van der Waals surface area contributed by atoms with Crippen molar-refractivity contribution >= 4 is 33.2 Å². The first-order chi connectivity index (χ1) is 26.4. The second-order valence-corrected chi connectivity index (χ2v) is 15.7. The van der Waals surface area contributed by atoms with E-state index in [4.69, 9.17) is 9.47 Å². The van der Waals surface area contributed by atoms with Crippen LogP contribution in [-0.2, 0) is 0 Å². The summed E-state index contributed by atoms with van der Waals surface area (Å²) in [5, 5.41) is 9.39. The highest BCUT2D eigenvalue weighted by molar-refractivity contribution is 5.86. The van der Waals surface area contributed by atoms with E-state index in [1.807, 2.05) is 60.9 Å². The molecule has 6 aliphatic heterocycles. The van der Waals surface area contributed by atoms with Crippen molar-refractivity contribution in [2.75, 3.05) is 51.0 Å². The minimum atomic E-state index is -0.490. The topological polar surface area (TPSA) is 109 Å². The fourth-order valence-electron chi connectivity index (χ4n) is 10.3. The van der Waals surface area contributed by atoms with Gasteiger partial charge in [0.1, 0.15) is 22.9 Å². The van der Waals surface area contributed by atoms with Gasteiger partial charge in [-0.2, -0.15) is 0 Å². The van der Waals surface area contributed by atoms with Gasteiger partial charge in [0, 0.05) is 48.3 Å². The number of hydrogen-bond acceptors (Lipinski definition) is 10. The number of hydrogen-bond donors (Lipinski definition) is 2. The first kappa shape index (κ1) is 34.7. The average molecular weight is 725 g/mol. The molecule has 0 saturated carbocycles. The van der Waals surface area contributed by atoms with Gasteiger partial charge in [0.05, 0.1) is 37.3 Å². The predicted octanol–water partition coefficient (Wildman–Crippen LogP) is 6.50. The third-order valence-corrected chi connectivity index (χ3v) is 13.2. The minimum Gasteiger partial charge on any atom is -0.497 e. The summed E-state index contributed by atoms with van der Waals surface area (Å²) >= 11 is 0. The zero-order valence-electron chi connectivity index (χ0n) is 31.0. The summed E-state index contributed by atoms with van der Waals surface area (Å²) in [6.07, 6.45) is 12.0. The maximum Gasteiger partial charge on any atom is 0.253 e. The number of anilines is 2. The number of pyridine rings is 2. The van der Waals surface area contributed by atoms with Crippen molar-refractivity contribution in [3.63, 3.8) is 0 Å². The Morgan fingerprint density at radius 2 is 1.15 bits per heavy atom. The zero-order valence-corrected chi connectivity index (χ0v) is 31.0. The number of aromatic nitrogens is 2. The average Bonchev–Trinajstić information content (AvgIpc) is 3.24. The minimum absolute atomic E-state index is 0.0948. The van der Waals surface area contributed by atoms with Crippen LogP contribution >= 0.6 is 0 Å². The monoisotopic (exact) mass is 724 g/mol. The molecule has 6 aliphatic rings. The number of nitrogens with zero attached hydrogens (tertiary/aromatic N) is 4. The first-order valence-corrected chi connectivity index (χ1v) is 19.3. The Balaban J connectivity index is 1.14. The first-order valence-electron chi connectivity index (χ1n) is 19.3. The lowest BCUT2D eigenvalue weighted by Gasteiger charge is -2.52. The summed E-state index contributed by atoms with van der Waals surface area (Å²) in [5.74, 6) is 3.36. The van der Waals surface area contributed by atoms with Crippen LogP contribution in [0.25, 0.3) is 21.8 Å². The molecular weight excluding hydrogens is 677 g/mol. The molecule has 10 nitrogen and oxygen atoms in total. The van der Waals surface area contributed by atoms with Gasteiger partial charge in [-0.3, -0.25) is 29.4 Å². The Bertz CT molecular complexity index is 2160. The Morgan fingerprint density at radius 1 is 0.704 bits per heavy atom. The van der Waals surface area contributed by atoms with Gasteiger partial charge in [-0.1, -0.05) is 12.2 Å². The Morgan fingerprint density at radius 3 is 1.52 bits per heavy atom. The van der Waals surface area contributed by atoms with Gasteiger partial charge in [-0.15, -0.1) is 13.2 Å². The molecule has 54 heavy (non-hydrogen) atoms. The molecule has 2 aromatic heterocycles. The van der Waals surface area contributed by atoms with Gasteiger partial charge in [0.15, 0.2) is 0 Å². The van der Waals surface area contributed by atoms with Crippen LogP contribution in [0.1, 0.15) is 48.9 Å². The maximum absolute atomic E-state index is 13.8. The Hall–Kier alpha value is -5.06. The van der Waals surface area contributed by atoms with Gasteiger partial charge in [0.25, 0.3) is 10.9 Å². The van der Waals surface area contributed by atoms with E-state index in [9.17, 15) is 9.59 Å². The fourth-order valence-corrected chi connectivity index (χ4v) is 10.3. The molecule has 2 unspecified atom stereocenters. The lowest BCUT2D eigenvalue weighted by Crippen LogP contribution is -2.57. The number of methoxy groups -OCH3 is 2. The normalized spacial score (nSPS) is 28.5. The van der Waals surface area contributed by atoms with Gasteiger partial charge >= 0.3 is 0 Å². The van der Waals surface area contributed by atoms with Gasteiger partial charge in [0.2, 0.25) is 0 Å². The highest BCUT2D eigenvalue weighted by Gasteiger charge is 2.46. The molecule has 0 radical (unpaired) electrons. The summed E-state index contributed by atoms with van der Waals surface area (Å²) in [6, 6.07) is 15.6. The quantitative estimate of drug-likeness (QED) is 0.109. The van der Waals surface area contributed by atoms with Crippen molar-refractivity contribution in [1.29, 1.82) is 0 Å². The molecule has 2 N–H and O–H groups in total. The van der Waals surface area contributed by atoms with Crippen LogP contribution in [0.5, 0.6) is 11.5 Å². The highest BCUT2D eigenvalue weighted by atomic mass is 16.5. The van der Waals surface area contributed by atoms with Crippen LogP contribution in [0, 0.1) is 23.7 Å². The lowest BCUT2D eigenvalue weighted by molar-refractivity contribution is 0.0102. The summed E-state index contributed by atoms with van der Waals surface area (Å²) in [6.45, 7) is 12.1. The largest absolute Gasteiger partial charge is 0.497 e. The number of piperidine rings is 6. The molecule has 10 atom stereocenters. The molecule has 0 aliphatic carbocycles. The maximum atomic E-state index is 13.8. The third kappa shape index (κ3) is 5.78. The molecule has 5 aromatic rings. The summed E-state index contributed by atoms with van der Waals surface area (Å²) in [4.78, 5) is 42.1. The molecule has 11 rings (SSSR count). The summed E-state index contributed by atoms with van der Waals surface area (Å²) in [5.41, 5.74) is 3.47. The second-order valence-electron chi connectivity index (χ2n) is 15.7. The van der Waals surface area contributed by atoms with Crippen LogP contribution in [0.4, 0.5) is 11.4 Å². The molecule has 8 heterocycles. The Labute approximate surface area is 315 Å². The van der Waals surface area contributed by atoms with E-state index in [1.54, 1.807) is 14.2 Å². The molecule has 278 valence electrons. The molecule has 3 aromatic carbocycles. The number of nitrogens with one attached hydrogen (secondary N) is 2. The number of benzene rings is 2. The molecule has 6 saturated heterocycles. The fraction of sp³-hybridized carbons (Fsp3) is 0.409. The zero-order chi connectivity index (χ0) is 37.1. The standard InChI is InChI=1S/C44H48N6O4/c1-5-25-23-49-17-13-27(25)19-37(49)39(31-11-15-45-35-9-7-29(53-3)21-33(31)35)47-41-42(44(52)43(41)51)48-40(38-20-28-14-18-50(38)24-26(28)6-2)32-12-16-46-36-10-8-30(54-4)22-34(32)36/h5-12,15-16,21-22,25-28,37-40,47-48H,1-2,13-14,17-20,23-24H2,3-4H3/t25-,26-,27-,28-,37+,38+,39+,40+/m0/s1. The molecule has 10 heteroatoms. The lowest BCUT2D eigenvalue weighted by atomic mass is 9.72. The van der Waals surface area contributed by atoms with E-state index in [0.29, 0.717) is 35.0 Å². The molecule has 4 bridgehead atoms. The van der Waals surface area contributed by atoms with Crippen LogP contribution in [0.3, 0.4) is 0 Å². The van der Waals surface area contributed by atoms with E-state index >= 15 is 0 Å². The van der Waals surface area contributed by atoms with Crippen LogP contribution < -0.4 is 31.0 Å². The van der Waals surface area contributed by atoms with E-state index in [-0.39, 0.29) is 24.2 Å². The summed E-state index contributed by atoms with van der Waals surface area (Å²) < 4.78 is 11.3. The van der Waals surface area contributed by atoms with Crippen LogP contribution in [0.2, 0.25) is 0 Å². The van der Waals surface area contributed by atoms with E-state index in [2.05, 4.69) is 55.7 Å². The third-order valence-electron chi connectivity index (χ3n) is 13.2. The van der Waals surface area contributed by atoms with Crippen molar-refractivity contribution < 1.29 is 9.47 Å². The molecule has 0 amide bonds. The van der Waals surface area contributed by atoms with E-state index in [0.717, 1.165) is 96.3 Å². The number of rotatable bonds is 12. The van der Waals surface area contributed by atoms with E-state index in [1.165, 1.54) is 0 Å². The predicted molar refractivity (Wildman–Crippen MR) is 214 cm³/mol. The van der Waals surface area contributed by atoms with Crippen LogP contribution in [0.15, 0.2) is 95.8 Å². The van der Waals surface area contributed by atoms with Crippen molar-refractivity contribution in [3.8, 4) is 11.5 Å². The van der Waals surface area contributed by atoms with Gasteiger partial charge in [-0.05, 0) is 122 Å². The van der Waals surface area contributed by atoms with Crippen molar-refractivity contribution in [1.82, 2.24) is 19.8 Å². The molecular formula is C44H48N6O4. The summed E-state index contributed by atoms with van der Waals surface area (Å²) in [7, 11) is 3.33. The number of fused-ring (bicyclic) bond motifs is 8. The van der Waals surface area contributed by atoms with Crippen molar-refractivity contribution in [2.45, 2.75) is 49.9 Å². The highest BCUT2D eigenvalue weighted by Crippen LogP contribution is 2.46. The van der Waals surface area contributed by atoms with Crippen molar-refractivity contribution in [3.05, 3.63) is 118 Å². The smallest absolute Gasteiger partial charge is 0.253 e. The van der Waals surface area contributed by atoms with Gasteiger partial charge < -0.3 is 20.1 Å². The van der Waals surface area contributed by atoms with E-state index < -0.39 is 10.9 Å². The van der Waals surface area contributed by atoms with Crippen molar-refractivity contribution in [2.24, 2.45) is 23.7 Å². The second kappa shape index (κ2) is 14.0. The molecule has 0 spiro atoms.